The number of halogens is 1. The van der Waals surface area contributed by atoms with Gasteiger partial charge in [-0.05, 0) is 35.6 Å². The van der Waals surface area contributed by atoms with Gasteiger partial charge in [-0.25, -0.2) is 4.98 Å². The summed E-state index contributed by atoms with van der Waals surface area (Å²) in [5.41, 5.74) is 1.78. The van der Waals surface area contributed by atoms with E-state index in [0.717, 1.165) is 26.8 Å². The van der Waals surface area contributed by atoms with E-state index in [1.165, 1.54) is 0 Å². The van der Waals surface area contributed by atoms with Gasteiger partial charge in [-0.2, -0.15) is 0 Å². The van der Waals surface area contributed by atoms with Gasteiger partial charge < -0.3 is 9.72 Å². The van der Waals surface area contributed by atoms with Gasteiger partial charge in [-0.3, -0.25) is 4.79 Å². The zero-order valence-electron chi connectivity index (χ0n) is 8.63. The van der Waals surface area contributed by atoms with Crippen LogP contribution < -0.4 is 10.3 Å². The molecule has 0 radical (unpaired) electrons. The minimum atomic E-state index is -0.0740. The number of H-pyrrole nitrogens is 1. The number of ether oxygens (including phenoxy) is 1. The Morgan fingerprint density at radius 2 is 2.38 bits per heavy atom. The van der Waals surface area contributed by atoms with Crippen molar-refractivity contribution in [2.45, 2.75) is 13.3 Å². The molecular weight excluding hydrogens is 319 g/mol. The third kappa shape index (κ3) is 1.34. The topological polar surface area (TPSA) is 55.0 Å². The molecule has 2 heterocycles. The van der Waals surface area contributed by atoms with Crippen LogP contribution in [0.2, 0.25) is 0 Å². The number of nitrogens with zero attached hydrogens (tertiary/aromatic N) is 1. The van der Waals surface area contributed by atoms with Crippen LogP contribution in [-0.4, -0.2) is 16.6 Å². The Morgan fingerprint density at radius 3 is 3.19 bits per heavy atom. The molecule has 1 aliphatic rings. The maximum absolute atomic E-state index is 11.8. The minimum absolute atomic E-state index is 0.0740. The minimum Gasteiger partial charge on any atom is -0.492 e. The van der Waals surface area contributed by atoms with E-state index in [9.17, 15) is 4.79 Å². The van der Waals surface area contributed by atoms with Crippen LogP contribution >= 0.6 is 22.6 Å². The van der Waals surface area contributed by atoms with Crippen LogP contribution in [0.4, 0.5) is 0 Å². The van der Waals surface area contributed by atoms with Crippen molar-refractivity contribution in [3.8, 4) is 5.75 Å². The molecule has 3 rings (SSSR count). The Balaban J connectivity index is 2.53. The van der Waals surface area contributed by atoms with E-state index >= 15 is 0 Å². The molecule has 0 saturated carbocycles. The molecule has 5 heteroatoms. The van der Waals surface area contributed by atoms with Crippen molar-refractivity contribution in [1.82, 2.24) is 9.97 Å². The lowest BCUT2D eigenvalue weighted by molar-refractivity contribution is 0.354. The first-order chi connectivity index (χ1) is 7.66. The normalized spacial score (nSPS) is 13.9. The largest absolute Gasteiger partial charge is 0.492 e. The Kier molecular flexibility index (Phi) is 2.17. The summed E-state index contributed by atoms with van der Waals surface area (Å²) in [5, 5.41) is 0.652. The van der Waals surface area contributed by atoms with Crippen molar-refractivity contribution >= 4 is 33.5 Å². The Morgan fingerprint density at radius 1 is 1.56 bits per heavy atom. The van der Waals surface area contributed by atoms with Crippen LogP contribution in [0.5, 0.6) is 5.75 Å². The van der Waals surface area contributed by atoms with Gasteiger partial charge in [-0.15, -0.1) is 0 Å². The predicted molar refractivity (Wildman–Crippen MR) is 69.0 cm³/mol. The molecule has 0 bridgehead atoms. The number of hydrogen-bond donors (Lipinski definition) is 1. The number of fused-ring (bicyclic) bond motifs is 3. The predicted octanol–water partition coefficient (Wildman–Crippen LogP) is 1.77. The molecule has 0 fully saturated rings. The van der Waals surface area contributed by atoms with Gasteiger partial charge in [0, 0.05) is 12.0 Å². The maximum Gasteiger partial charge on any atom is 0.258 e. The molecule has 1 aliphatic heterocycles. The molecule has 0 unspecified atom stereocenters. The van der Waals surface area contributed by atoms with Gasteiger partial charge in [0.2, 0.25) is 0 Å². The fraction of sp³-hybridized carbons (Fsp3) is 0.273. The highest BCUT2D eigenvalue weighted by Crippen LogP contribution is 2.35. The number of benzene rings is 1. The second-order valence-electron chi connectivity index (χ2n) is 3.81. The van der Waals surface area contributed by atoms with E-state index in [0.29, 0.717) is 17.8 Å². The molecule has 4 nitrogen and oxygen atoms in total. The second-order valence-corrected chi connectivity index (χ2v) is 4.97. The molecule has 0 aliphatic carbocycles. The summed E-state index contributed by atoms with van der Waals surface area (Å²) in [7, 11) is 0. The summed E-state index contributed by atoms with van der Waals surface area (Å²) in [6.07, 6.45) is 0.832. The van der Waals surface area contributed by atoms with E-state index in [4.69, 9.17) is 4.74 Å². The number of aromatic amines is 1. The summed E-state index contributed by atoms with van der Waals surface area (Å²) in [6.45, 7) is 2.47. The van der Waals surface area contributed by atoms with Gasteiger partial charge in [0.05, 0.1) is 21.1 Å². The van der Waals surface area contributed by atoms with Crippen molar-refractivity contribution in [3.05, 3.63) is 31.4 Å². The van der Waals surface area contributed by atoms with E-state index in [2.05, 4.69) is 32.6 Å². The molecule has 0 spiro atoms. The lowest BCUT2D eigenvalue weighted by Crippen LogP contribution is -2.10. The van der Waals surface area contributed by atoms with Gasteiger partial charge in [0.15, 0.2) is 0 Å². The van der Waals surface area contributed by atoms with Gasteiger partial charge in [-0.1, -0.05) is 0 Å². The molecular formula is C11H9IN2O2. The second kappa shape index (κ2) is 3.44. The summed E-state index contributed by atoms with van der Waals surface area (Å²) in [4.78, 5) is 18.9. The first-order valence-corrected chi connectivity index (χ1v) is 6.09. The van der Waals surface area contributed by atoms with Gasteiger partial charge in [0.1, 0.15) is 11.6 Å². The molecule has 0 atom stereocenters. The first-order valence-electron chi connectivity index (χ1n) is 5.01. The highest BCUT2D eigenvalue weighted by Gasteiger charge is 2.21. The summed E-state index contributed by atoms with van der Waals surface area (Å²) >= 11 is 2.19. The lowest BCUT2D eigenvalue weighted by atomic mass is 10.1. The zero-order chi connectivity index (χ0) is 11.3. The van der Waals surface area contributed by atoms with Crippen molar-refractivity contribution in [1.29, 1.82) is 0 Å². The third-order valence-electron chi connectivity index (χ3n) is 2.72. The van der Waals surface area contributed by atoms with E-state index < -0.39 is 0 Å². The third-order valence-corrected chi connectivity index (χ3v) is 3.52. The highest BCUT2D eigenvalue weighted by molar-refractivity contribution is 14.1. The monoisotopic (exact) mass is 328 g/mol. The molecule has 1 aromatic heterocycles. The molecule has 0 saturated heterocycles. The van der Waals surface area contributed by atoms with Crippen LogP contribution in [0.25, 0.3) is 10.9 Å². The van der Waals surface area contributed by atoms with Crippen LogP contribution in [0.1, 0.15) is 11.4 Å². The molecule has 16 heavy (non-hydrogen) atoms. The van der Waals surface area contributed by atoms with E-state index in [1.54, 1.807) is 6.92 Å². The molecule has 0 amide bonds. The Labute approximate surface area is 105 Å². The first kappa shape index (κ1) is 10.1. The van der Waals surface area contributed by atoms with Crippen molar-refractivity contribution < 1.29 is 4.74 Å². The zero-order valence-corrected chi connectivity index (χ0v) is 10.8. The number of hydrogen-bond acceptors (Lipinski definition) is 3. The average molecular weight is 328 g/mol. The number of nitrogens with one attached hydrogen (secondary N) is 1. The van der Waals surface area contributed by atoms with Crippen LogP contribution in [0.3, 0.4) is 0 Å². The van der Waals surface area contributed by atoms with Crippen molar-refractivity contribution in [2.75, 3.05) is 6.61 Å². The SMILES string of the molecule is Cc1nc2c3c(c(I)cc2c(=O)[nH]1)OCC3. The summed E-state index contributed by atoms with van der Waals surface area (Å²) in [5.74, 6) is 1.54. The summed E-state index contributed by atoms with van der Waals surface area (Å²) in [6, 6.07) is 1.84. The van der Waals surface area contributed by atoms with Gasteiger partial charge in [0.25, 0.3) is 5.56 Å². The summed E-state index contributed by atoms with van der Waals surface area (Å²) < 4.78 is 6.54. The standard InChI is InChI=1S/C11H9IN2O2/c1-5-13-9-6-2-3-16-10(6)8(12)4-7(9)11(15)14-5/h4H,2-3H2,1H3,(H,13,14,15). The van der Waals surface area contributed by atoms with E-state index in [-0.39, 0.29) is 5.56 Å². The van der Waals surface area contributed by atoms with Crippen molar-refractivity contribution in [3.63, 3.8) is 0 Å². The molecule has 1 N–H and O–H groups in total. The number of rotatable bonds is 0. The fourth-order valence-electron chi connectivity index (χ4n) is 2.05. The average Bonchev–Trinajstić information content (AvgIpc) is 2.69. The molecule has 82 valence electrons. The van der Waals surface area contributed by atoms with Crippen molar-refractivity contribution in [2.24, 2.45) is 0 Å². The Hall–Kier alpha value is -1.11. The van der Waals surface area contributed by atoms with Crippen LogP contribution in [0, 0.1) is 10.5 Å². The maximum atomic E-state index is 11.8. The molecule has 1 aromatic carbocycles. The quantitative estimate of drug-likeness (QED) is 0.750. The lowest BCUT2D eigenvalue weighted by Gasteiger charge is -2.06. The van der Waals surface area contributed by atoms with Crippen LogP contribution in [-0.2, 0) is 6.42 Å². The fourth-order valence-corrected chi connectivity index (χ4v) is 2.84. The highest BCUT2D eigenvalue weighted by atomic mass is 127. The molecule has 2 aromatic rings. The number of aryl methyl sites for hydroxylation is 1. The smallest absolute Gasteiger partial charge is 0.258 e. The Bertz CT molecular complexity index is 648. The van der Waals surface area contributed by atoms with Gasteiger partial charge >= 0.3 is 0 Å². The van der Waals surface area contributed by atoms with Crippen LogP contribution in [0.15, 0.2) is 10.9 Å². The number of aromatic nitrogens is 2. The van der Waals surface area contributed by atoms with E-state index in [1.807, 2.05) is 6.07 Å².